The molecule has 2 aliphatic heterocycles. The third kappa shape index (κ3) is 3.72. The molecule has 7 heteroatoms. The van der Waals surface area contributed by atoms with Crippen molar-refractivity contribution in [3.05, 3.63) is 33.7 Å². The fourth-order valence-corrected chi connectivity index (χ4v) is 5.83. The molecule has 1 aromatic rings. The SMILES string of the molecule is CCOC(=O)[C@]12CCCC3=C1N(CCC3)C(=O)[C@@H](CC(=O)NCc1cccs1)C2. The van der Waals surface area contributed by atoms with Crippen LogP contribution in [-0.4, -0.2) is 35.8 Å². The third-order valence-corrected chi connectivity index (χ3v) is 7.22. The van der Waals surface area contributed by atoms with Crippen LogP contribution in [0.25, 0.3) is 0 Å². The first kappa shape index (κ1) is 20.1. The topological polar surface area (TPSA) is 75.7 Å². The predicted molar refractivity (Wildman–Crippen MR) is 110 cm³/mol. The van der Waals surface area contributed by atoms with Crippen LogP contribution >= 0.6 is 11.3 Å². The highest BCUT2D eigenvalue weighted by atomic mass is 32.1. The van der Waals surface area contributed by atoms with E-state index in [0.29, 0.717) is 32.5 Å². The summed E-state index contributed by atoms with van der Waals surface area (Å²) in [4.78, 5) is 41.8. The zero-order valence-electron chi connectivity index (χ0n) is 16.9. The number of carbonyl (C=O) groups excluding carboxylic acids is 3. The highest BCUT2D eigenvalue weighted by Crippen LogP contribution is 2.54. The Hall–Kier alpha value is -2.15. The smallest absolute Gasteiger partial charge is 0.318 e. The number of allylic oxidation sites excluding steroid dienone is 1. The molecular weight excluding hydrogens is 388 g/mol. The Balaban J connectivity index is 1.56. The van der Waals surface area contributed by atoms with Crippen LogP contribution in [0.5, 0.6) is 0 Å². The lowest BCUT2D eigenvalue weighted by Crippen LogP contribution is -2.56. The van der Waals surface area contributed by atoms with E-state index in [4.69, 9.17) is 4.74 Å². The number of hydrogen-bond donors (Lipinski definition) is 1. The minimum atomic E-state index is -0.767. The maximum Gasteiger partial charge on any atom is 0.318 e. The van der Waals surface area contributed by atoms with Crippen molar-refractivity contribution in [2.24, 2.45) is 11.3 Å². The molecule has 1 aliphatic carbocycles. The molecule has 0 bridgehead atoms. The summed E-state index contributed by atoms with van der Waals surface area (Å²) in [5.74, 6) is -0.860. The molecule has 0 radical (unpaired) electrons. The molecule has 0 unspecified atom stereocenters. The average molecular weight is 417 g/mol. The monoisotopic (exact) mass is 416 g/mol. The number of ether oxygens (including phenoxy) is 1. The van der Waals surface area contributed by atoms with Crippen LogP contribution in [-0.2, 0) is 25.7 Å². The van der Waals surface area contributed by atoms with Crippen LogP contribution in [0, 0.1) is 11.3 Å². The summed E-state index contributed by atoms with van der Waals surface area (Å²) in [6.07, 6.45) is 4.94. The number of piperidine rings is 1. The Bertz CT molecular complexity index is 828. The van der Waals surface area contributed by atoms with E-state index in [0.717, 1.165) is 36.3 Å². The highest BCUT2D eigenvalue weighted by Gasteiger charge is 2.56. The van der Waals surface area contributed by atoms with Crippen molar-refractivity contribution in [1.82, 2.24) is 10.2 Å². The normalized spacial score (nSPS) is 26.2. The fourth-order valence-electron chi connectivity index (χ4n) is 5.19. The van der Waals surface area contributed by atoms with E-state index in [1.165, 1.54) is 5.57 Å². The molecule has 1 fully saturated rings. The lowest BCUT2D eigenvalue weighted by atomic mass is 9.63. The summed E-state index contributed by atoms with van der Waals surface area (Å²) in [6, 6.07) is 3.92. The third-order valence-electron chi connectivity index (χ3n) is 6.35. The summed E-state index contributed by atoms with van der Waals surface area (Å²) < 4.78 is 5.48. The van der Waals surface area contributed by atoms with Gasteiger partial charge >= 0.3 is 5.97 Å². The molecule has 0 aromatic carbocycles. The largest absolute Gasteiger partial charge is 0.465 e. The molecule has 3 aliphatic rings. The number of nitrogens with zero attached hydrogens (tertiary/aromatic N) is 1. The minimum Gasteiger partial charge on any atom is -0.465 e. The van der Waals surface area contributed by atoms with Crippen LogP contribution in [0.3, 0.4) is 0 Å². The second-order valence-electron chi connectivity index (χ2n) is 8.16. The zero-order valence-corrected chi connectivity index (χ0v) is 17.7. The second-order valence-corrected chi connectivity index (χ2v) is 9.20. The number of thiophene rings is 1. The first-order chi connectivity index (χ1) is 14.0. The van der Waals surface area contributed by atoms with E-state index in [-0.39, 0.29) is 24.2 Å². The Morgan fingerprint density at radius 1 is 1.34 bits per heavy atom. The molecule has 4 rings (SSSR count). The molecule has 6 nitrogen and oxygen atoms in total. The number of amides is 2. The molecule has 156 valence electrons. The Kier molecular flexibility index (Phi) is 5.76. The van der Waals surface area contributed by atoms with E-state index < -0.39 is 11.3 Å². The Morgan fingerprint density at radius 2 is 2.17 bits per heavy atom. The zero-order chi connectivity index (χ0) is 20.4. The van der Waals surface area contributed by atoms with Gasteiger partial charge in [0, 0.05) is 29.5 Å². The number of carbonyl (C=O) groups is 3. The van der Waals surface area contributed by atoms with E-state index in [2.05, 4.69) is 5.32 Å². The van der Waals surface area contributed by atoms with Gasteiger partial charge in [0.25, 0.3) is 0 Å². The lowest BCUT2D eigenvalue weighted by Gasteiger charge is -2.51. The number of hydrogen-bond acceptors (Lipinski definition) is 5. The molecular formula is C22H28N2O4S. The quantitative estimate of drug-likeness (QED) is 0.722. The standard InChI is InChI=1S/C22H28N2O4S/c1-2-28-21(27)22-9-3-6-15-7-4-10-24(19(15)22)20(26)16(13-22)12-18(25)23-14-17-8-5-11-29-17/h5,8,11,16H,2-4,6-7,9-10,12-14H2,1H3,(H,23,25)/t16-,22-/m0/s1. The molecule has 1 N–H and O–H groups in total. The summed E-state index contributed by atoms with van der Waals surface area (Å²) in [5.41, 5.74) is 1.38. The van der Waals surface area contributed by atoms with Gasteiger partial charge in [-0.1, -0.05) is 6.07 Å². The van der Waals surface area contributed by atoms with E-state index in [1.54, 1.807) is 11.3 Å². The van der Waals surface area contributed by atoms with Crippen molar-refractivity contribution in [3.8, 4) is 0 Å². The van der Waals surface area contributed by atoms with Crippen LogP contribution in [0.2, 0.25) is 0 Å². The number of esters is 1. The Labute approximate surface area is 175 Å². The molecule has 3 heterocycles. The minimum absolute atomic E-state index is 0.00898. The van der Waals surface area contributed by atoms with Crippen LogP contribution < -0.4 is 5.32 Å². The van der Waals surface area contributed by atoms with Crippen LogP contribution in [0.1, 0.15) is 56.7 Å². The van der Waals surface area contributed by atoms with Crippen molar-refractivity contribution < 1.29 is 19.1 Å². The maximum absolute atomic E-state index is 13.2. The number of rotatable bonds is 6. The van der Waals surface area contributed by atoms with Gasteiger partial charge in [-0.05, 0) is 62.5 Å². The summed E-state index contributed by atoms with van der Waals surface area (Å²) in [5, 5.41) is 4.89. The molecule has 0 saturated carbocycles. The molecule has 0 spiro atoms. The summed E-state index contributed by atoms with van der Waals surface area (Å²) >= 11 is 1.59. The summed E-state index contributed by atoms with van der Waals surface area (Å²) in [6.45, 7) is 3.24. The van der Waals surface area contributed by atoms with E-state index >= 15 is 0 Å². The van der Waals surface area contributed by atoms with Gasteiger partial charge in [-0.2, -0.15) is 0 Å². The molecule has 2 amide bonds. The van der Waals surface area contributed by atoms with Gasteiger partial charge in [0.1, 0.15) is 5.41 Å². The van der Waals surface area contributed by atoms with Gasteiger partial charge in [-0.25, -0.2) is 0 Å². The van der Waals surface area contributed by atoms with E-state index in [1.807, 2.05) is 29.3 Å². The average Bonchev–Trinajstić information content (AvgIpc) is 3.24. The van der Waals surface area contributed by atoms with Gasteiger partial charge < -0.3 is 15.0 Å². The molecule has 1 saturated heterocycles. The van der Waals surface area contributed by atoms with Crippen molar-refractivity contribution >= 4 is 29.1 Å². The first-order valence-electron chi connectivity index (χ1n) is 10.6. The van der Waals surface area contributed by atoms with Crippen molar-refractivity contribution in [1.29, 1.82) is 0 Å². The van der Waals surface area contributed by atoms with Crippen molar-refractivity contribution in [2.45, 2.75) is 58.4 Å². The second kappa shape index (κ2) is 8.30. The predicted octanol–water partition coefficient (Wildman–Crippen LogP) is 3.38. The van der Waals surface area contributed by atoms with Crippen LogP contribution in [0.15, 0.2) is 28.8 Å². The molecule has 29 heavy (non-hydrogen) atoms. The van der Waals surface area contributed by atoms with Gasteiger partial charge in [0.2, 0.25) is 11.8 Å². The van der Waals surface area contributed by atoms with E-state index in [9.17, 15) is 14.4 Å². The molecule has 2 atom stereocenters. The highest BCUT2D eigenvalue weighted by molar-refractivity contribution is 7.09. The first-order valence-corrected chi connectivity index (χ1v) is 11.4. The fraction of sp³-hybridized carbons (Fsp3) is 0.591. The van der Waals surface area contributed by atoms with Crippen molar-refractivity contribution in [3.63, 3.8) is 0 Å². The summed E-state index contributed by atoms with van der Waals surface area (Å²) in [7, 11) is 0. The van der Waals surface area contributed by atoms with Gasteiger partial charge in [0.15, 0.2) is 0 Å². The molecule has 1 aromatic heterocycles. The van der Waals surface area contributed by atoms with Crippen LogP contribution in [0.4, 0.5) is 0 Å². The maximum atomic E-state index is 13.2. The van der Waals surface area contributed by atoms with Crippen molar-refractivity contribution in [2.75, 3.05) is 13.2 Å². The van der Waals surface area contributed by atoms with Gasteiger partial charge in [-0.3, -0.25) is 14.4 Å². The lowest BCUT2D eigenvalue weighted by molar-refractivity contribution is -0.162. The number of nitrogens with one attached hydrogen (secondary N) is 1. The van der Waals surface area contributed by atoms with Gasteiger partial charge in [-0.15, -0.1) is 11.3 Å². The van der Waals surface area contributed by atoms with Gasteiger partial charge in [0.05, 0.1) is 13.2 Å². The Morgan fingerprint density at radius 3 is 2.93 bits per heavy atom.